The van der Waals surface area contributed by atoms with E-state index in [2.05, 4.69) is 10.3 Å². The Balaban J connectivity index is 1.44. The third-order valence-electron chi connectivity index (χ3n) is 5.30. The average Bonchev–Trinajstić information content (AvgIpc) is 3.37. The third kappa shape index (κ3) is 3.32. The maximum Gasteiger partial charge on any atom is 0.282 e. The van der Waals surface area contributed by atoms with Gasteiger partial charge in [-0.3, -0.25) is 4.79 Å². The van der Waals surface area contributed by atoms with Crippen molar-refractivity contribution in [3.05, 3.63) is 23.8 Å². The monoisotopic (exact) mass is 392 g/mol. The summed E-state index contributed by atoms with van der Waals surface area (Å²) in [5.74, 6) is -0.0961. The van der Waals surface area contributed by atoms with Gasteiger partial charge in [-0.15, -0.1) is 5.10 Å². The number of piperazine rings is 1. The van der Waals surface area contributed by atoms with Gasteiger partial charge in [0.05, 0.1) is 5.52 Å². The smallest absolute Gasteiger partial charge is 0.282 e. The van der Waals surface area contributed by atoms with E-state index in [-0.39, 0.29) is 5.91 Å². The third-order valence-corrected chi connectivity index (χ3v) is 7.34. The number of carbonyl (C=O) groups excluding carboxylic acids is 1. The molecule has 0 atom stereocenters. The lowest BCUT2D eigenvalue weighted by molar-refractivity contribution is 0.0694. The molecule has 3 heterocycles. The van der Waals surface area contributed by atoms with Crippen molar-refractivity contribution in [1.82, 2.24) is 28.5 Å². The van der Waals surface area contributed by atoms with Gasteiger partial charge in [0.15, 0.2) is 0 Å². The van der Waals surface area contributed by atoms with Gasteiger partial charge < -0.3 is 4.90 Å². The molecule has 0 spiro atoms. The second-order valence-corrected chi connectivity index (χ2v) is 8.84. The van der Waals surface area contributed by atoms with Gasteiger partial charge in [-0.25, -0.2) is 4.68 Å². The quantitative estimate of drug-likeness (QED) is 0.758. The zero-order valence-electron chi connectivity index (χ0n) is 15.4. The second-order valence-electron chi connectivity index (χ2n) is 6.91. The van der Waals surface area contributed by atoms with E-state index in [9.17, 15) is 13.2 Å². The molecule has 1 aromatic heterocycles. The van der Waals surface area contributed by atoms with Crippen LogP contribution in [-0.2, 0) is 16.8 Å². The van der Waals surface area contributed by atoms with E-state index in [0.29, 0.717) is 50.3 Å². The SMILES string of the molecule is CCn1nnc2cc(C(=O)N3CCN(S(=O)(=O)N4CCCC4)CC3)ccc21. The van der Waals surface area contributed by atoms with Gasteiger partial charge in [0.25, 0.3) is 16.1 Å². The predicted octanol–water partition coefficient (Wildman–Crippen LogP) is 0.550. The maximum atomic E-state index is 12.8. The van der Waals surface area contributed by atoms with E-state index in [0.717, 1.165) is 24.9 Å². The van der Waals surface area contributed by atoms with Crippen LogP contribution >= 0.6 is 0 Å². The number of nitrogens with zero attached hydrogens (tertiary/aromatic N) is 6. The van der Waals surface area contributed by atoms with E-state index < -0.39 is 10.2 Å². The standard InChI is InChI=1S/C17H24N6O3S/c1-2-23-16-6-5-14(13-15(16)18-19-23)17(24)20-9-11-22(12-10-20)27(25,26)21-7-3-4-8-21/h5-6,13H,2-4,7-12H2,1H3. The Morgan fingerprint density at radius 3 is 2.37 bits per heavy atom. The van der Waals surface area contributed by atoms with Crippen molar-refractivity contribution in [3.8, 4) is 0 Å². The Labute approximate surface area is 158 Å². The van der Waals surface area contributed by atoms with Crippen LogP contribution in [0.25, 0.3) is 11.0 Å². The van der Waals surface area contributed by atoms with Crippen molar-refractivity contribution in [3.63, 3.8) is 0 Å². The van der Waals surface area contributed by atoms with E-state index in [1.165, 1.54) is 4.31 Å². The van der Waals surface area contributed by atoms with Crippen LogP contribution in [-0.4, -0.2) is 82.1 Å². The number of aromatic nitrogens is 3. The maximum absolute atomic E-state index is 12.8. The Bertz CT molecular complexity index is 943. The Hall–Kier alpha value is -2.04. The highest BCUT2D eigenvalue weighted by molar-refractivity contribution is 7.86. The number of fused-ring (bicyclic) bond motifs is 1. The van der Waals surface area contributed by atoms with Crippen molar-refractivity contribution >= 4 is 27.1 Å². The first-order valence-electron chi connectivity index (χ1n) is 9.38. The molecule has 10 heteroatoms. The van der Waals surface area contributed by atoms with Crippen LogP contribution in [0.15, 0.2) is 18.2 Å². The van der Waals surface area contributed by atoms with E-state index >= 15 is 0 Å². The van der Waals surface area contributed by atoms with Crippen LogP contribution in [0.2, 0.25) is 0 Å². The molecule has 2 aliphatic rings. The first-order valence-corrected chi connectivity index (χ1v) is 10.8. The molecule has 1 aromatic carbocycles. The fraction of sp³-hybridized carbons (Fsp3) is 0.588. The molecule has 0 N–H and O–H groups in total. The summed E-state index contributed by atoms with van der Waals surface area (Å²) in [4.78, 5) is 14.5. The summed E-state index contributed by atoms with van der Waals surface area (Å²) in [6, 6.07) is 5.40. The number of benzene rings is 1. The molecule has 2 fully saturated rings. The lowest BCUT2D eigenvalue weighted by atomic mass is 10.1. The molecule has 1 amide bonds. The van der Waals surface area contributed by atoms with Gasteiger partial charge in [0, 0.05) is 51.4 Å². The van der Waals surface area contributed by atoms with Gasteiger partial charge in [-0.2, -0.15) is 17.0 Å². The number of amides is 1. The largest absolute Gasteiger partial charge is 0.336 e. The number of hydrogen-bond donors (Lipinski definition) is 0. The van der Waals surface area contributed by atoms with Crippen LogP contribution in [0.1, 0.15) is 30.1 Å². The predicted molar refractivity (Wildman–Crippen MR) is 100 cm³/mol. The van der Waals surface area contributed by atoms with E-state index in [1.807, 2.05) is 13.0 Å². The van der Waals surface area contributed by atoms with Crippen molar-refractivity contribution in [2.24, 2.45) is 0 Å². The van der Waals surface area contributed by atoms with Crippen LogP contribution in [0.4, 0.5) is 0 Å². The minimum Gasteiger partial charge on any atom is -0.336 e. The summed E-state index contributed by atoms with van der Waals surface area (Å²) in [5, 5.41) is 8.18. The Kier molecular flexibility index (Phi) is 4.87. The average molecular weight is 392 g/mol. The highest BCUT2D eigenvalue weighted by atomic mass is 32.2. The number of carbonyl (C=O) groups is 1. The number of rotatable bonds is 4. The summed E-state index contributed by atoms with van der Waals surface area (Å²) >= 11 is 0. The second kappa shape index (κ2) is 7.17. The van der Waals surface area contributed by atoms with Crippen molar-refractivity contribution in [2.75, 3.05) is 39.3 Å². The van der Waals surface area contributed by atoms with Gasteiger partial charge >= 0.3 is 0 Å². The van der Waals surface area contributed by atoms with Crippen LogP contribution in [0.5, 0.6) is 0 Å². The normalized spacial score (nSPS) is 19.8. The van der Waals surface area contributed by atoms with Gasteiger partial charge in [-0.05, 0) is 38.0 Å². The zero-order valence-corrected chi connectivity index (χ0v) is 16.2. The van der Waals surface area contributed by atoms with Gasteiger partial charge in [-0.1, -0.05) is 5.21 Å². The molecule has 4 rings (SSSR count). The van der Waals surface area contributed by atoms with Crippen molar-refractivity contribution < 1.29 is 13.2 Å². The highest BCUT2D eigenvalue weighted by Gasteiger charge is 2.34. The minimum atomic E-state index is -3.40. The van der Waals surface area contributed by atoms with E-state index in [4.69, 9.17) is 0 Å². The molecule has 2 aromatic rings. The van der Waals surface area contributed by atoms with Gasteiger partial charge in [0.2, 0.25) is 0 Å². The zero-order chi connectivity index (χ0) is 19.0. The lowest BCUT2D eigenvalue weighted by Crippen LogP contribution is -2.53. The summed E-state index contributed by atoms with van der Waals surface area (Å²) in [6.07, 6.45) is 1.84. The lowest BCUT2D eigenvalue weighted by Gasteiger charge is -2.35. The molecule has 2 aliphatic heterocycles. The topological polar surface area (TPSA) is 91.6 Å². The Morgan fingerprint density at radius 1 is 1.04 bits per heavy atom. The molecule has 0 saturated carbocycles. The van der Waals surface area contributed by atoms with E-state index in [1.54, 1.807) is 26.0 Å². The first kappa shape index (κ1) is 18.3. The van der Waals surface area contributed by atoms with Crippen LogP contribution < -0.4 is 0 Å². The highest BCUT2D eigenvalue weighted by Crippen LogP contribution is 2.20. The van der Waals surface area contributed by atoms with Crippen LogP contribution in [0, 0.1) is 0 Å². The number of aryl methyl sites for hydroxylation is 1. The molecular weight excluding hydrogens is 368 g/mol. The van der Waals surface area contributed by atoms with Crippen LogP contribution in [0.3, 0.4) is 0 Å². The minimum absolute atomic E-state index is 0.0961. The molecule has 9 nitrogen and oxygen atoms in total. The summed E-state index contributed by atoms with van der Waals surface area (Å²) in [5.41, 5.74) is 2.15. The molecule has 0 bridgehead atoms. The molecule has 0 radical (unpaired) electrons. The first-order chi connectivity index (χ1) is 13.0. The van der Waals surface area contributed by atoms with Gasteiger partial charge in [0.1, 0.15) is 5.52 Å². The number of hydrogen-bond acceptors (Lipinski definition) is 5. The molecule has 0 aliphatic carbocycles. The molecule has 27 heavy (non-hydrogen) atoms. The summed E-state index contributed by atoms with van der Waals surface area (Å²) in [6.45, 7) is 5.36. The molecule has 146 valence electrons. The molecule has 2 saturated heterocycles. The van der Waals surface area contributed by atoms with Crippen molar-refractivity contribution in [1.29, 1.82) is 0 Å². The van der Waals surface area contributed by atoms with Crippen molar-refractivity contribution in [2.45, 2.75) is 26.3 Å². The summed E-state index contributed by atoms with van der Waals surface area (Å²) < 4.78 is 30.1. The fourth-order valence-electron chi connectivity index (χ4n) is 3.73. The summed E-state index contributed by atoms with van der Waals surface area (Å²) in [7, 11) is -3.40. The molecular formula is C17H24N6O3S. The fourth-order valence-corrected chi connectivity index (χ4v) is 5.40. The Morgan fingerprint density at radius 2 is 1.70 bits per heavy atom. The molecule has 0 unspecified atom stereocenters.